The van der Waals surface area contributed by atoms with Gasteiger partial charge >= 0.3 is 0 Å². The Morgan fingerprint density at radius 1 is 1.11 bits per heavy atom. The highest BCUT2D eigenvalue weighted by Gasteiger charge is 2.39. The normalized spacial score (nSPS) is 16.4. The molecule has 0 fully saturated rings. The van der Waals surface area contributed by atoms with Gasteiger partial charge in [-0.2, -0.15) is 0 Å². The summed E-state index contributed by atoms with van der Waals surface area (Å²) in [5.41, 5.74) is 2.02. The van der Waals surface area contributed by atoms with Crippen molar-refractivity contribution in [1.82, 2.24) is 9.97 Å². The molecule has 1 amide bonds. The molecule has 1 aromatic carbocycles. The maximum atomic E-state index is 13.1. The van der Waals surface area contributed by atoms with Gasteiger partial charge in [-0.3, -0.25) is 9.69 Å². The minimum absolute atomic E-state index is 0.117. The molecule has 0 radical (unpaired) electrons. The molecule has 2 aromatic heterocycles. The van der Waals surface area contributed by atoms with Crippen LogP contribution in [0.5, 0.6) is 0 Å². The molecule has 3 heterocycles. The van der Waals surface area contributed by atoms with Crippen LogP contribution in [0.15, 0.2) is 48.5 Å². The van der Waals surface area contributed by atoms with Crippen molar-refractivity contribution in [3.05, 3.63) is 64.8 Å². The average Bonchev–Trinajstić information content (AvgIpc) is 2.93. The Morgan fingerprint density at radius 3 is 2.70 bits per heavy atom. The van der Waals surface area contributed by atoms with Gasteiger partial charge in [0.15, 0.2) is 11.9 Å². The van der Waals surface area contributed by atoms with Gasteiger partial charge in [-0.15, -0.1) is 0 Å². The van der Waals surface area contributed by atoms with Crippen LogP contribution in [0, 0.1) is 5.92 Å². The van der Waals surface area contributed by atoms with Gasteiger partial charge in [0.2, 0.25) is 0 Å². The van der Waals surface area contributed by atoms with Crippen LogP contribution in [0.1, 0.15) is 42.4 Å². The van der Waals surface area contributed by atoms with E-state index >= 15 is 0 Å². The first-order chi connectivity index (χ1) is 13.0. The summed E-state index contributed by atoms with van der Waals surface area (Å²) in [6, 6.07) is 14.8. The summed E-state index contributed by atoms with van der Waals surface area (Å²) in [5.74, 6) is 0.915. The Kier molecular flexibility index (Phi) is 4.81. The van der Waals surface area contributed by atoms with Crippen molar-refractivity contribution in [3.8, 4) is 0 Å². The van der Waals surface area contributed by atoms with Crippen LogP contribution in [0.2, 0.25) is 5.15 Å². The quantitative estimate of drug-likeness (QED) is 0.583. The molecule has 0 N–H and O–H groups in total. The van der Waals surface area contributed by atoms with E-state index in [1.807, 2.05) is 42.5 Å². The third kappa shape index (κ3) is 3.40. The van der Waals surface area contributed by atoms with E-state index in [2.05, 4.69) is 23.8 Å². The summed E-state index contributed by atoms with van der Waals surface area (Å²) in [5, 5.41) is 1.23. The number of carbonyl (C=O) groups is 1. The first-order valence-electron chi connectivity index (χ1n) is 9.02. The summed E-state index contributed by atoms with van der Waals surface area (Å²) < 4.78 is 6.13. The molecule has 0 saturated carbocycles. The molecule has 1 unspecified atom stereocenters. The second-order valence-corrected chi connectivity index (χ2v) is 7.41. The Balaban J connectivity index is 1.74. The Labute approximate surface area is 162 Å². The zero-order chi connectivity index (χ0) is 19.0. The molecule has 4 rings (SSSR count). The van der Waals surface area contributed by atoms with Gasteiger partial charge < -0.3 is 4.74 Å². The van der Waals surface area contributed by atoms with Gasteiger partial charge in [0.25, 0.3) is 5.91 Å². The summed E-state index contributed by atoms with van der Waals surface area (Å²) in [7, 11) is 0. The van der Waals surface area contributed by atoms with Crippen LogP contribution in [0.25, 0.3) is 11.0 Å². The van der Waals surface area contributed by atoms with Crippen molar-refractivity contribution in [1.29, 1.82) is 0 Å². The molecular weight excluding hydrogens is 362 g/mol. The van der Waals surface area contributed by atoms with Gasteiger partial charge in [-0.05, 0) is 42.7 Å². The van der Waals surface area contributed by atoms with Crippen molar-refractivity contribution in [3.63, 3.8) is 0 Å². The van der Waals surface area contributed by atoms with Crippen LogP contribution >= 0.6 is 11.6 Å². The van der Waals surface area contributed by atoms with Gasteiger partial charge in [0, 0.05) is 23.1 Å². The number of carbonyl (C=O) groups excluding carboxylic acids is 1. The first kappa shape index (κ1) is 17.9. The fourth-order valence-corrected chi connectivity index (χ4v) is 3.33. The number of benzene rings is 1. The van der Waals surface area contributed by atoms with Crippen LogP contribution < -0.4 is 4.90 Å². The molecule has 0 aliphatic carbocycles. The van der Waals surface area contributed by atoms with Crippen molar-refractivity contribution >= 4 is 34.4 Å². The number of aromatic nitrogens is 2. The smallest absolute Gasteiger partial charge is 0.262 e. The number of anilines is 1. The second-order valence-electron chi connectivity index (χ2n) is 7.02. The zero-order valence-corrected chi connectivity index (χ0v) is 16.0. The molecule has 1 aliphatic rings. The third-order valence-electron chi connectivity index (χ3n) is 4.63. The summed E-state index contributed by atoms with van der Waals surface area (Å²) >= 11 is 6.00. The van der Waals surface area contributed by atoms with Crippen molar-refractivity contribution in [2.24, 2.45) is 5.92 Å². The van der Waals surface area contributed by atoms with Gasteiger partial charge in [0.1, 0.15) is 11.0 Å². The van der Waals surface area contributed by atoms with Crippen molar-refractivity contribution in [2.45, 2.75) is 26.5 Å². The number of fused-ring (bicyclic) bond motifs is 2. The van der Waals surface area contributed by atoms with Crippen LogP contribution in [-0.2, 0) is 4.74 Å². The van der Waals surface area contributed by atoms with E-state index in [0.717, 1.165) is 17.4 Å². The molecule has 3 aromatic rings. The molecule has 0 bridgehead atoms. The molecule has 0 spiro atoms. The Morgan fingerprint density at radius 2 is 1.89 bits per heavy atom. The van der Waals surface area contributed by atoms with E-state index in [0.29, 0.717) is 34.7 Å². The van der Waals surface area contributed by atoms with E-state index in [9.17, 15) is 4.79 Å². The van der Waals surface area contributed by atoms with Gasteiger partial charge in [-0.25, -0.2) is 9.97 Å². The topological polar surface area (TPSA) is 55.3 Å². The van der Waals surface area contributed by atoms with Crippen molar-refractivity contribution < 1.29 is 9.53 Å². The first-order valence-corrected chi connectivity index (χ1v) is 9.40. The van der Waals surface area contributed by atoms with Gasteiger partial charge in [0.05, 0.1) is 0 Å². The number of hydrogen-bond donors (Lipinski definition) is 0. The summed E-state index contributed by atoms with van der Waals surface area (Å²) in [6.45, 7) is 4.86. The SMILES string of the molecule is CC(C)CCOC1c2ccccc2C(=O)N1c1ccc2ccc(Cl)nc2n1. The lowest BCUT2D eigenvalue weighted by atomic mass is 10.1. The second kappa shape index (κ2) is 7.25. The molecular formula is C21H20ClN3O2. The van der Waals surface area contributed by atoms with E-state index in [1.54, 1.807) is 11.0 Å². The van der Waals surface area contributed by atoms with Crippen LogP contribution in [0.3, 0.4) is 0 Å². The lowest BCUT2D eigenvalue weighted by Crippen LogP contribution is -2.30. The monoisotopic (exact) mass is 381 g/mol. The fraction of sp³-hybridized carbons (Fsp3) is 0.286. The molecule has 138 valence electrons. The lowest BCUT2D eigenvalue weighted by molar-refractivity contribution is 0.0460. The maximum absolute atomic E-state index is 13.1. The minimum Gasteiger partial charge on any atom is -0.353 e. The number of nitrogens with zero attached hydrogens (tertiary/aromatic N) is 3. The molecule has 1 aliphatic heterocycles. The number of amides is 1. The number of halogens is 1. The highest BCUT2D eigenvalue weighted by Crippen LogP contribution is 2.38. The zero-order valence-electron chi connectivity index (χ0n) is 15.2. The standard InChI is InChI=1S/C21H20ClN3O2/c1-13(2)11-12-27-21-16-6-4-3-5-15(16)20(26)25(21)18-10-8-14-7-9-17(22)23-19(14)24-18/h3-10,13,21H,11-12H2,1-2H3. The molecule has 5 nitrogen and oxygen atoms in total. The number of pyridine rings is 2. The molecule has 1 atom stereocenters. The van der Waals surface area contributed by atoms with E-state index < -0.39 is 6.23 Å². The van der Waals surface area contributed by atoms with Crippen molar-refractivity contribution in [2.75, 3.05) is 11.5 Å². The number of rotatable bonds is 5. The molecule has 0 saturated heterocycles. The van der Waals surface area contributed by atoms with Crippen LogP contribution in [0.4, 0.5) is 5.82 Å². The highest BCUT2D eigenvalue weighted by atomic mass is 35.5. The van der Waals surface area contributed by atoms with E-state index in [1.165, 1.54) is 0 Å². The third-order valence-corrected chi connectivity index (χ3v) is 4.84. The largest absolute Gasteiger partial charge is 0.353 e. The van der Waals surface area contributed by atoms with Crippen LogP contribution in [-0.4, -0.2) is 22.5 Å². The predicted molar refractivity (Wildman–Crippen MR) is 106 cm³/mol. The Hall–Kier alpha value is -2.50. The minimum atomic E-state index is -0.489. The highest BCUT2D eigenvalue weighted by molar-refractivity contribution is 6.29. The lowest BCUT2D eigenvalue weighted by Gasteiger charge is -2.25. The Bertz CT molecular complexity index is 1010. The summed E-state index contributed by atoms with van der Waals surface area (Å²) in [4.78, 5) is 23.5. The van der Waals surface area contributed by atoms with E-state index in [4.69, 9.17) is 16.3 Å². The molecule has 6 heteroatoms. The predicted octanol–water partition coefficient (Wildman–Crippen LogP) is 5.00. The maximum Gasteiger partial charge on any atom is 0.262 e. The van der Waals surface area contributed by atoms with E-state index in [-0.39, 0.29) is 5.91 Å². The average molecular weight is 382 g/mol. The molecule has 27 heavy (non-hydrogen) atoms. The number of hydrogen-bond acceptors (Lipinski definition) is 4. The number of ether oxygens (including phenoxy) is 1. The summed E-state index contributed by atoms with van der Waals surface area (Å²) in [6.07, 6.45) is 0.430. The fourth-order valence-electron chi connectivity index (χ4n) is 3.19. The van der Waals surface area contributed by atoms with Gasteiger partial charge in [-0.1, -0.05) is 43.6 Å².